The van der Waals surface area contributed by atoms with Crippen LogP contribution in [0.15, 0.2) is 36.7 Å². The fraction of sp³-hybridized carbons (Fsp3) is 0.375. The lowest BCUT2D eigenvalue weighted by Gasteiger charge is -2.28. The second kappa shape index (κ2) is 6.83. The molecule has 134 valence electrons. The largest absolute Gasteiger partial charge is 0.331 e. The summed E-state index contributed by atoms with van der Waals surface area (Å²) in [5, 5.41) is 6.96. The van der Waals surface area contributed by atoms with E-state index in [0.29, 0.717) is 5.69 Å². The van der Waals surface area contributed by atoms with Gasteiger partial charge in [-0.05, 0) is 19.1 Å². The Morgan fingerprint density at radius 2 is 1.96 bits per heavy atom. The quantitative estimate of drug-likeness (QED) is 0.892. The second-order valence-electron chi connectivity index (χ2n) is 5.98. The molecule has 0 aliphatic carbocycles. The van der Waals surface area contributed by atoms with Crippen LogP contribution in [0.3, 0.4) is 0 Å². The van der Waals surface area contributed by atoms with Crippen molar-refractivity contribution >= 4 is 15.9 Å². The van der Waals surface area contributed by atoms with Crippen LogP contribution < -0.4 is 5.32 Å². The SMILES string of the molecule is CC(NC(=O)N1CCS(=O)(=O)CC1)c1cnn(-c2ccccc2F)c1. The number of hydrogen-bond acceptors (Lipinski definition) is 4. The molecule has 2 heterocycles. The summed E-state index contributed by atoms with van der Waals surface area (Å²) in [4.78, 5) is 13.7. The van der Waals surface area contributed by atoms with E-state index < -0.39 is 9.84 Å². The lowest BCUT2D eigenvalue weighted by Crippen LogP contribution is -2.48. The van der Waals surface area contributed by atoms with Crippen LogP contribution in [0.5, 0.6) is 0 Å². The maximum absolute atomic E-state index is 13.8. The van der Waals surface area contributed by atoms with Gasteiger partial charge in [-0.3, -0.25) is 0 Å². The molecule has 0 saturated carbocycles. The van der Waals surface area contributed by atoms with Crippen LogP contribution in [0.2, 0.25) is 0 Å². The Labute approximate surface area is 145 Å². The van der Waals surface area contributed by atoms with E-state index in [1.54, 1.807) is 37.5 Å². The third-order valence-corrected chi connectivity index (χ3v) is 5.78. The van der Waals surface area contributed by atoms with E-state index in [9.17, 15) is 17.6 Å². The molecule has 1 aliphatic rings. The number of carbonyl (C=O) groups excluding carboxylic acids is 1. The van der Waals surface area contributed by atoms with E-state index in [4.69, 9.17) is 0 Å². The average Bonchev–Trinajstić information content (AvgIpc) is 3.05. The summed E-state index contributed by atoms with van der Waals surface area (Å²) in [5.41, 5.74) is 1.05. The van der Waals surface area contributed by atoms with E-state index >= 15 is 0 Å². The molecule has 9 heteroatoms. The van der Waals surface area contributed by atoms with Gasteiger partial charge in [0.25, 0.3) is 0 Å². The Hall–Kier alpha value is -2.42. The first-order valence-corrected chi connectivity index (χ1v) is 9.73. The molecule has 1 aromatic heterocycles. The predicted octanol–water partition coefficient (Wildman–Crippen LogP) is 1.51. The molecular weight excluding hydrogens is 347 g/mol. The molecule has 1 fully saturated rings. The number of amides is 2. The van der Waals surface area contributed by atoms with Crippen molar-refractivity contribution in [2.45, 2.75) is 13.0 Å². The molecule has 1 N–H and O–H groups in total. The molecule has 1 saturated heterocycles. The zero-order chi connectivity index (χ0) is 18.0. The molecule has 1 aliphatic heterocycles. The number of para-hydroxylation sites is 1. The number of nitrogens with one attached hydrogen (secondary N) is 1. The summed E-state index contributed by atoms with van der Waals surface area (Å²) in [6.45, 7) is 2.17. The van der Waals surface area contributed by atoms with Crippen molar-refractivity contribution in [3.8, 4) is 5.69 Å². The Morgan fingerprint density at radius 1 is 1.28 bits per heavy atom. The monoisotopic (exact) mass is 366 g/mol. The van der Waals surface area contributed by atoms with Gasteiger partial charge in [-0.2, -0.15) is 5.10 Å². The number of carbonyl (C=O) groups is 1. The van der Waals surface area contributed by atoms with Crippen molar-refractivity contribution in [3.63, 3.8) is 0 Å². The maximum atomic E-state index is 13.8. The zero-order valence-electron chi connectivity index (χ0n) is 13.7. The molecule has 1 unspecified atom stereocenters. The van der Waals surface area contributed by atoms with Gasteiger partial charge >= 0.3 is 6.03 Å². The van der Waals surface area contributed by atoms with Gasteiger partial charge in [0.2, 0.25) is 0 Å². The van der Waals surface area contributed by atoms with E-state index in [1.807, 2.05) is 0 Å². The van der Waals surface area contributed by atoms with Gasteiger partial charge in [-0.1, -0.05) is 12.1 Å². The van der Waals surface area contributed by atoms with Crippen LogP contribution in [-0.2, 0) is 9.84 Å². The molecule has 7 nitrogen and oxygen atoms in total. The number of sulfone groups is 1. The number of hydrogen-bond donors (Lipinski definition) is 1. The maximum Gasteiger partial charge on any atom is 0.317 e. The van der Waals surface area contributed by atoms with Crippen LogP contribution in [0, 0.1) is 5.82 Å². The van der Waals surface area contributed by atoms with Crippen molar-refractivity contribution in [1.82, 2.24) is 20.0 Å². The molecule has 0 radical (unpaired) electrons. The minimum Gasteiger partial charge on any atom is -0.331 e. The molecule has 1 aromatic carbocycles. The third kappa shape index (κ3) is 3.98. The molecule has 0 spiro atoms. The Bertz CT molecular complexity index is 867. The number of rotatable bonds is 3. The van der Waals surface area contributed by atoms with Crippen molar-refractivity contribution in [3.05, 3.63) is 48.0 Å². The number of nitrogens with zero attached hydrogens (tertiary/aromatic N) is 3. The fourth-order valence-electron chi connectivity index (χ4n) is 2.60. The van der Waals surface area contributed by atoms with Crippen molar-refractivity contribution in [1.29, 1.82) is 0 Å². The normalized spacial score (nSPS) is 17.9. The Morgan fingerprint density at radius 3 is 2.64 bits per heavy atom. The first-order valence-electron chi connectivity index (χ1n) is 7.91. The minimum atomic E-state index is -3.03. The van der Waals surface area contributed by atoms with Gasteiger partial charge in [-0.25, -0.2) is 22.3 Å². The summed E-state index contributed by atoms with van der Waals surface area (Å²) in [7, 11) is -3.03. The summed E-state index contributed by atoms with van der Waals surface area (Å²) >= 11 is 0. The van der Waals surface area contributed by atoms with Crippen molar-refractivity contribution < 1.29 is 17.6 Å². The van der Waals surface area contributed by atoms with Crippen LogP contribution >= 0.6 is 0 Å². The minimum absolute atomic E-state index is 0.0139. The van der Waals surface area contributed by atoms with Crippen LogP contribution in [-0.4, -0.2) is 53.7 Å². The summed E-state index contributed by atoms with van der Waals surface area (Å²) < 4.78 is 38.1. The highest BCUT2D eigenvalue weighted by atomic mass is 32.2. The van der Waals surface area contributed by atoms with Gasteiger partial charge in [0, 0.05) is 24.8 Å². The van der Waals surface area contributed by atoms with E-state index in [2.05, 4.69) is 10.4 Å². The second-order valence-corrected chi connectivity index (χ2v) is 8.28. The Balaban J connectivity index is 1.65. The van der Waals surface area contributed by atoms with E-state index in [-0.39, 0.29) is 42.5 Å². The molecule has 0 bridgehead atoms. The molecule has 1 atom stereocenters. The number of urea groups is 1. The first-order chi connectivity index (χ1) is 11.9. The van der Waals surface area contributed by atoms with E-state index in [0.717, 1.165) is 5.56 Å². The molecule has 3 rings (SSSR count). The first kappa shape index (κ1) is 17.4. The average molecular weight is 366 g/mol. The van der Waals surface area contributed by atoms with E-state index in [1.165, 1.54) is 15.6 Å². The number of aromatic nitrogens is 2. The summed E-state index contributed by atoms with van der Waals surface area (Å²) in [6.07, 6.45) is 3.22. The Kier molecular flexibility index (Phi) is 4.76. The van der Waals surface area contributed by atoms with Gasteiger partial charge in [0.15, 0.2) is 9.84 Å². The van der Waals surface area contributed by atoms with Crippen molar-refractivity contribution in [2.75, 3.05) is 24.6 Å². The summed E-state index contributed by atoms with van der Waals surface area (Å²) in [5.74, 6) is -0.414. The molecular formula is C16H19FN4O3S. The third-order valence-electron chi connectivity index (χ3n) is 4.17. The molecule has 2 aromatic rings. The highest BCUT2D eigenvalue weighted by Crippen LogP contribution is 2.17. The predicted molar refractivity (Wildman–Crippen MR) is 90.7 cm³/mol. The highest BCUT2D eigenvalue weighted by molar-refractivity contribution is 7.91. The smallest absolute Gasteiger partial charge is 0.317 e. The lowest BCUT2D eigenvalue weighted by atomic mass is 10.2. The van der Waals surface area contributed by atoms with Gasteiger partial charge in [0.05, 0.1) is 23.7 Å². The van der Waals surface area contributed by atoms with Crippen LogP contribution in [0.25, 0.3) is 5.69 Å². The zero-order valence-corrected chi connectivity index (χ0v) is 14.5. The highest BCUT2D eigenvalue weighted by Gasteiger charge is 2.26. The lowest BCUT2D eigenvalue weighted by molar-refractivity contribution is 0.199. The van der Waals surface area contributed by atoms with Gasteiger partial charge in [0.1, 0.15) is 11.5 Å². The number of benzene rings is 1. The van der Waals surface area contributed by atoms with Gasteiger partial charge < -0.3 is 10.2 Å². The van der Waals surface area contributed by atoms with Crippen LogP contribution in [0.4, 0.5) is 9.18 Å². The topological polar surface area (TPSA) is 84.3 Å². The standard InChI is InChI=1S/C16H19FN4O3S/c1-12(19-16(22)20-6-8-25(23,24)9-7-20)13-10-18-21(11-13)15-5-3-2-4-14(15)17/h2-5,10-12H,6-9H2,1H3,(H,19,22). The van der Waals surface area contributed by atoms with Gasteiger partial charge in [-0.15, -0.1) is 0 Å². The summed E-state index contributed by atoms with van der Waals surface area (Å²) in [6, 6.07) is 5.63. The number of halogens is 1. The fourth-order valence-corrected chi connectivity index (χ4v) is 3.81. The molecule has 2 amide bonds. The van der Waals surface area contributed by atoms with Crippen LogP contribution in [0.1, 0.15) is 18.5 Å². The van der Waals surface area contributed by atoms with Crippen molar-refractivity contribution in [2.24, 2.45) is 0 Å². The molecule has 25 heavy (non-hydrogen) atoms.